The smallest absolute Gasteiger partial charge is 0.252 e. The van der Waals surface area contributed by atoms with Crippen LogP contribution in [-0.2, 0) is 23.7 Å². The highest BCUT2D eigenvalue weighted by atomic mass is 28.3. The summed E-state index contributed by atoms with van der Waals surface area (Å²) in [6.07, 6.45) is 2.14. The Bertz CT molecular complexity index is 3280. The molecule has 0 bridgehead atoms. The highest BCUT2D eigenvalue weighted by molar-refractivity contribution is 7.01. The van der Waals surface area contributed by atoms with Crippen LogP contribution >= 0.6 is 0 Å². The van der Waals surface area contributed by atoms with Crippen molar-refractivity contribution in [2.24, 2.45) is 5.41 Å². The van der Waals surface area contributed by atoms with Crippen molar-refractivity contribution in [3.63, 3.8) is 0 Å². The minimum Gasteiger partial charge on any atom is -0.311 e. The van der Waals surface area contributed by atoms with Crippen molar-refractivity contribution < 1.29 is 0 Å². The Hall–Kier alpha value is -6.56. The van der Waals surface area contributed by atoms with Crippen LogP contribution in [0.25, 0.3) is 11.1 Å². The van der Waals surface area contributed by atoms with E-state index in [1.54, 1.807) is 0 Å². The fourth-order valence-electron chi connectivity index (χ4n) is 11.7. The van der Waals surface area contributed by atoms with Gasteiger partial charge in [-0.2, -0.15) is 0 Å². The van der Waals surface area contributed by atoms with E-state index in [-0.39, 0.29) is 23.0 Å². The molecule has 8 aromatic rings. The van der Waals surface area contributed by atoms with Gasteiger partial charge in [-0.25, -0.2) is 0 Å². The molecule has 3 aliphatic rings. The zero-order valence-electron chi connectivity index (χ0n) is 43.5. The molecule has 5 heteroatoms. The molecule has 1 aliphatic carbocycles. The molecule has 0 radical (unpaired) electrons. The predicted molar refractivity (Wildman–Crippen MR) is 307 cm³/mol. The molecule has 0 fully saturated rings. The molecular formula is C65H68BN3Si. The Kier molecular flexibility index (Phi) is 10.8. The second-order valence-corrected chi connectivity index (χ2v) is 29.4. The van der Waals surface area contributed by atoms with Crippen LogP contribution in [0.1, 0.15) is 83.2 Å². The highest BCUT2D eigenvalue weighted by Crippen LogP contribution is 2.52. The van der Waals surface area contributed by atoms with Crippen LogP contribution in [0.3, 0.4) is 0 Å². The van der Waals surface area contributed by atoms with Crippen LogP contribution in [0.15, 0.2) is 170 Å². The van der Waals surface area contributed by atoms with Gasteiger partial charge in [0, 0.05) is 45.4 Å². The van der Waals surface area contributed by atoms with Crippen molar-refractivity contribution in [2.45, 2.75) is 106 Å². The van der Waals surface area contributed by atoms with Crippen LogP contribution in [0.2, 0.25) is 19.6 Å². The van der Waals surface area contributed by atoms with Gasteiger partial charge in [-0.15, -0.1) is 0 Å². The number of benzene rings is 8. The van der Waals surface area contributed by atoms with E-state index in [0.717, 1.165) is 29.9 Å². The summed E-state index contributed by atoms with van der Waals surface area (Å²) < 4.78 is 0. The predicted octanol–water partition coefficient (Wildman–Crippen LogP) is 15.5. The third kappa shape index (κ3) is 7.91. The number of anilines is 9. The second kappa shape index (κ2) is 16.5. The van der Waals surface area contributed by atoms with Gasteiger partial charge in [0.05, 0.1) is 19.4 Å². The SMILES string of the molecule is Cc1cc(C(C)(C)C)ccc1N1c2ccc([Si](C)(C)C)cc2B2c3cc4c(cc3N(c3ccc(C(C)(C)C)cc3-c3ccccc3)c3cc(N(c5ccccc5)c5ccccc5)cc1c32)CC(C)(C)C4. The molecule has 70 heavy (non-hydrogen) atoms. The maximum absolute atomic E-state index is 2.68. The quantitative estimate of drug-likeness (QED) is 0.147. The standard InChI is InChI=1S/C65H68BN3Si/c1-43-34-47(63(2,3)4)28-31-56(43)68-58-33-30-52(70(10,11)12)40-55(58)66-54-35-45-41-65(8,9)42-46(45)36-59(54)69(57-32-29-48(64(5,6)7)37-53(57)44-22-16-13-17-23-44)61-39-51(38-60(68)62(61)66)67(49-24-18-14-19-25-49)50-26-20-15-21-27-50/h13-40H,41-42H2,1-12H3. The van der Waals surface area contributed by atoms with E-state index in [1.807, 2.05) is 0 Å². The molecule has 0 saturated heterocycles. The molecule has 0 unspecified atom stereocenters. The molecule has 350 valence electrons. The lowest BCUT2D eigenvalue weighted by Gasteiger charge is -2.46. The Morgan fingerprint density at radius 3 is 1.54 bits per heavy atom. The Morgan fingerprint density at radius 1 is 0.486 bits per heavy atom. The van der Waals surface area contributed by atoms with Crippen LogP contribution in [0, 0.1) is 12.3 Å². The van der Waals surface area contributed by atoms with Crippen molar-refractivity contribution in [2.75, 3.05) is 14.7 Å². The molecule has 0 atom stereocenters. The zero-order chi connectivity index (χ0) is 49.1. The summed E-state index contributed by atoms with van der Waals surface area (Å²) in [4.78, 5) is 7.78. The van der Waals surface area contributed by atoms with Crippen molar-refractivity contribution >= 4 is 87.5 Å². The zero-order valence-corrected chi connectivity index (χ0v) is 44.5. The summed E-state index contributed by atoms with van der Waals surface area (Å²) in [5.74, 6) is 0. The number of para-hydroxylation sites is 2. The number of fused-ring (bicyclic) bond motifs is 5. The second-order valence-electron chi connectivity index (χ2n) is 24.3. The fraction of sp³-hybridized carbons (Fsp3) is 0.262. The summed E-state index contributed by atoms with van der Waals surface area (Å²) in [5.41, 5.74) is 24.4. The summed E-state index contributed by atoms with van der Waals surface area (Å²) in [7, 11) is -1.76. The van der Waals surface area contributed by atoms with E-state index in [1.165, 1.54) is 94.6 Å². The normalized spacial score (nSPS) is 14.8. The first-order chi connectivity index (χ1) is 33.2. The first kappa shape index (κ1) is 45.9. The van der Waals surface area contributed by atoms with Crippen molar-refractivity contribution in [1.29, 1.82) is 0 Å². The van der Waals surface area contributed by atoms with Crippen molar-refractivity contribution in [1.82, 2.24) is 0 Å². The lowest BCUT2D eigenvalue weighted by molar-refractivity contribution is 0.392. The third-order valence-corrected chi connectivity index (χ3v) is 17.4. The van der Waals surface area contributed by atoms with E-state index in [2.05, 4.69) is 267 Å². The molecule has 2 aliphatic heterocycles. The summed E-state index contributed by atoms with van der Waals surface area (Å²) in [5, 5.41) is 1.49. The molecule has 0 aromatic heterocycles. The largest absolute Gasteiger partial charge is 0.311 e. The summed E-state index contributed by atoms with van der Waals surface area (Å²) in [6.45, 7) is 28.7. The molecule has 2 heterocycles. The minimum absolute atomic E-state index is 0.00643. The Morgan fingerprint density at radius 2 is 0.986 bits per heavy atom. The van der Waals surface area contributed by atoms with Gasteiger partial charge in [-0.1, -0.05) is 183 Å². The van der Waals surface area contributed by atoms with Gasteiger partial charge in [-0.05, 0) is 153 Å². The minimum atomic E-state index is -1.76. The summed E-state index contributed by atoms with van der Waals surface area (Å²) in [6, 6.07) is 65.4. The number of nitrogens with zero attached hydrogens (tertiary/aromatic N) is 3. The van der Waals surface area contributed by atoms with Gasteiger partial charge >= 0.3 is 0 Å². The number of hydrogen-bond donors (Lipinski definition) is 0. The van der Waals surface area contributed by atoms with Gasteiger partial charge < -0.3 is 14.7 Å². The fourth-order valence-corrected chi connectivity index (χ4v) is 12.9. The van der Waals surface area contributed by atoms with E-state index in [9.17, 15) is 0 Å². The number of hydrogen-bond acceptors (Lipinski definition) is 3. The van der Waals surface area contributed by atoms with Gasteiger partial charge in [-0.3, -0.25) is 0 Å². The van der Waals surface area contributed by atoms with E-state index in [0.29, 0.717) is 0 Å². The average Bonchev–Trinajstić information content (AvgIpc) is 3.63. The Balaban J connectivity index is 1.31. The van der Waals surface area contributed by atoms with Crippen LogP contribution < -0.4 is 36.3 Å². The lowest BCUT2D eigenvalue weighted by Crippen LogP contribution is -2.62. The van der Waals surface area contributed by atoms with Gasteiger partial charge in [0.15, 0.2) is 0 Å². The maximum Gasteiger partial charge on any atom is 0.252 e. The molecule has 0 amide bonds. The monoisotopic (exact) mass is 930 g/mol. The molecule has 0 spiro atoms. The average molecular weight is 930 g/mol. The van der Waals surface area contributed by atoms with Gasteiger partial charge in [0.1, 0.15) is 0 Å². The maximum atomic E-state index is 2.68. The molecule has 0 N–H and O–H groups in total. The highest BCUT2D eigenvalue weighted by Gasteiger charge is 2.46. The van der Waals surface area contributed by atoms with Crippen molar-refractivity contribution in [3.05, 3.63) is 198 Å². The third-order valence-electron chi connectivity index (χ3n) is 15.4. The molecule has 8 aromatic carbocycles. The topological polar surface area (TPSA) is 9.72 Å². The number of rotatable bonds is 7. The van der Waals surface area contributed by atoms with E-state index < -0.39 is 8.07 Å². The van der Waals surface area contributed by atoms with E-state index in [4.69, 9.17) is 0 Å². The first-order valence-corrected chi connectivity index (χ1v) is 29.0. The van der Waals surface area contributed by atoms with Crippen molar-refractivity contribution in [3.8, 4) is 11.1 Å². The number of aryl methyl sites for hydroxylation is 1. The molecular weight excluding hydrogens is 862 g/mol. The molecule has 11 rings (SSSR count). The van der Waals surface area contributed by atoms with Gasteiger partial charge in [0.2, 0.25) is 0 Å². The lowest BCUT2D eigenvalue weighted by atomic mass is 9.33. The Labute approximate surface area is 420 Å². The molecule has 3 nitrogen and oxygen atoms in total. The van der Waals surface area contributed by atoms with Crippen LogP contribution in [0.5, 0.6) is 0 Å². The summed E-state index contributed by atoms with van der Waals surface area (Å²) >= 11 is 0. The van der Waals surface area contributed by atoms with Crippen LogP contribution in [0.4, 0.5) is 51.2 Å². The van der Waals surface area contributed by atoms with E-state index >= 15 is 0 Å². The van der Waals surface area contributed by atoms with Crippen LogP contribution in [-0.4, -0.2) is 14.8 Å². The first-order valence-electron chi connectivity index (χ1n) is 25.5. The molecule has 0 saturated carbocycles. The van der Waals surface area contributed by atoms with Gasteiger partial charge in [0.25, 0.3) is 6.71 Å².